The molecule has 1 aromatic heterocycles. The lowest BCUT2D eigenvalue weighted by Gasteiger charge is -2.16. The Bertz CT molecular complexity index is 541. The standard InChI is InChI=1S/C14H18ClN3S/c1-10(16-2)13-9-19-14(17-13)18(3)8-11-6-4-5-7-12(11)15/h4-7,9-10,16H,8H2,1-3H3. The Morgan fingerprint density at radius 3 is 2.84 bits per heavy atom. The summed E-state index contributed by atoms with van der Waals surface area (Å²) in [5.74, 6) is 0. The molecule has 0 aliphatic carbocycles. The number of anilines is 1. The van der Waals surface area contributed by atoms with E-state index < -0.39 is 0 Å². The molecule has 0 fully saturated rings. The zero-order valence-corrected chi connectivity index (χ0v) is 12.9. The van der Waals surface area contributed by atoms with Gasteiger partial charge < -0.3 is 10.2 Å². The smallest absolute Gasteiger partial charge is 0.185 e. The van der Waals surface area contributed by atoms with Crippen molar-refractivity contribution in [1.29, 1.82) is 0 Å². The van der Waals surface area contributed by atoms with Gasteiger partial charge in [0.05, 0.1) is 5.69 Å². The number of nitrogens with one attached hydrogen (secondary N) is 1. The highest BCUT2D eigenvalue weighted by atomic mass is 35.5. The third-order valence-electron chi connectivity index (χ3n) is 3.08. The molecule has 0 spiro atoms. The number of aromatic nitrogens is 1. The second kappa shape index (κ2) is 6.37. The Morgan fingerprint density at radius 2 is 2.16 bits per heavy atom. The van der Waals surface area contributed by atoms with E-state index in [2.05, 4.69) is 27.5 Å². The maximum absolute atomic E-state index is 6.18. The van der Waals surface area contributed by atoms with Crippen LogP contribution in [0, 0.1) is 0 Å². The van der Waals surface area contributed by atoms with Gasteiger partial charge in [0.2, 0.25) is 0 Å². The minimum absolute atomic E-state index is 0.277. The average Bonchev–Trinajstić information content (AvgIpc) is 2.90. The summed E-state index contributed by atoms with van der Waals surface area (Å²) < 4.78 is 0. The monoisotopic (exact) mass is 295 g/mol. The van der Waals surface area contributed by atoms with Crippen molar-refractivity contribution >= 4 is 28.1 Å². The Labute approximate surface area is 123 Å². The molecule has 0 aliphatic heterocycles. The molecule has 5 heteroatoms. The lowest BCUT2D eigenvalue weighted by atomic mass is 10.2. The molecule has 1 N–H and O–H groups in total. The Balaban J connectivity index is 2.10. The fourth-order valence-electron chi connectivity index (χ4n) is 1.75. The molecule has 1 unspecified atom stereocenters. The van der Waals surface area contributed by atoms with Crippen molar-refractivity contribution in [3.63, 3.8) is 0 Å². The van der Waals surface area contributed by atoms with Crippen molar-refractivity contribution in [2.24, 2.45) is 0 Å². The molecule has 0 radical (unpaired) electrons. The lowest BCUT2D eigenvalue weighted by Crippen LogP contribution is -2.17. The predicted octanol–water partition coefficient (Wildman–Crippen LogP) is 3.71. The van der Waals surface area contributed by atoms with Crippen LogP contribution in [0.4, 0.5) is 5.13 Å². The second-order valence-corrected chi connectivity index (χ2v) is 5.76. The largest absolute Gasteiger partial charge is 0.347 e. The van der Waals surface area contributed by atoms with Gasteiger partial charge in [0, 0.05) is 30.0 Å². The number of thiazole rings is 1. The van der Waals surface area contributed by atoms with Crippen LogP contribution in [0.25, 0.3) is 0 Å². The van der Waals surface area contributed by atoms with E-state index in [9.17, 15) is 0 Å². The third kappa shape index (κ3) is 3.47. The van der Waals surface area contributed by atoms with Crippen molar-refractivity contribution < 1.29 is 0 Å². The van der Waals surface area contributed by atoms with E-state index in [1.54, 1.807) is 11.3 Å². The van der Waals surface area contributed by atoms with Gasteiger partial charge in [-0.2, -0.15) is 0 Å². The van der Waals surface area contributed by atoms with Gasteiger partial charge in [-0.15, -0.1) is 11.3 Å². The predicted molar refractivity (Wildman–Crippen MR) is 83.1 cm³/mol. The molecule has 102 valence electrons. The minimum Gasteiger partial charge on any atom is -0.347 e. The topological polar surface area (TPSA) is 28.2 Å². The minimum atomic E-state index is 0.277. The van der Waals surface area contributed by atoms with E-state index in [0.29, 0.717) is 0 Å². The normalized spacial score (nSPS) is 12.4. The molecule has 19 heavy (non-hydrogen) atoms. The summed E-state index contributed by atoms with van der Waals surface area (Å²) >= 11 is 7.84. The van der Waals surface area contributed by atoms with Gasteiger partial charge in [-0.3, -0.25) is 0 Å². The van der Waals surface area contributed by atoms with Crippen LogP contribution in [-0.2, 0) is 6.54 Å². The average molecular weight is 296 g/mol. The van der Waals surface area contributed by atoms with Crippen LogP contribution in [0.1, 0.15) is 24.2 Å². The van der Waals surface area contributed by atoms with Gasteiger partial charge in [-0.25, -0.2) is 4.98 Å². The Morgan fingerprint density at radius 1 is 1.42 bits per heavy atom. The maximum Gasteiger partial charge on any atom is 0.185 e. The van der Waals surface area contributed by atoms with E-state index in [4.69, 9.17) is 11.6 Å². The van der Waals surface area contributed by atoms with E-state index in [1.165, 1.54) is 0 Å². The van der Waals surface area contributed by atoms with Crippen LogP contribution in [0.15, 0.2) is 29.6 Å². The molecule has 0 bridgehead atoms. The Kier molecular flexibility index (Phi) is 4.80. The SMILES string of the molecule is CNC(C)c1csc(N(C)Cc2ccccc2Cl)n1. The summed E-state index contributed by atoms with van der Waals surface area (Å²) in [7, 11) is 3.98. The number of benzene rings is 1. The van der Waals surface area contributed by atoms with Crippen molar-refractivity contribution in [3.8, 4) is 0 Å². The number of hydrogen-bond donors (Lipinski definition) is 1. The molecular formula is C14H18ClN3S. The van der Waals surface area contributed by atoms with Crippen molar-refractivity contribution in [3.05, 3.63) is 45.9 Å². The molecule has 1 atom stereocenters. The van der Waals surface area contributed by atoms with Gasteiger partial charge >= 0.3 is 0 Å². The van der Waals surface area contributed by atoms with Gasteiger partial charge in [-0.1, -0.05) is 29.8 Å². The summed E-state index contributed by atoms with van der Waals surface area (Å²) in [6.07, 6.45) is 0. The summed E-state index contributed by atoms with van der Waals surface area (Å²) in [5.41, 5.74) is 2.19. The summed E-state index contributed by atoms with van der Waals surface area (Å²) in [5, 5.41) is 7.11. The lowest BCUT2D eigenvalue weighted by molar-refractivity contribution is 0.636. The van der Waals surface area contributed by atoms with Crippen LogP contribution in [0.2, 0.25) is 5.02 Å². The first-order chi connectivity index (χ1) is 9.11. The van der Waals surface area contributed by atoms with Crippen LogP contribution in [0.3, 0.4) is 0 Å². The highest BCUT2D eigenvalue weighted by Crippen LogP contribution is 2.25. The summed E-state index contributed by atoms with van der Waals surface area (Å²) in [6, 6.07) is 8.19. The van der Waals surface area contributed by atoms with Gasteiger partial charge in [-0.05, 0) is 25.6 Å². The van der Waals surface area contributed by atoms with Gasteiger partial charge in [0.25, 0.3) is 0 Å². The molecule has 3 nitrogen and oxygen atoms in total. The second-order valence-electron chi connectivity index (χ2n) is 4.51. The molecule has 0 aliphatic rings. The number of rotatable bonds is 5. The number of hydrogen-bond acceptors (Lipinski definition) is 4. The van der Waals surface area contributed by atoms with Gasteiger partial charge in [0.15, 0.2) is 5.13 Å². The molecule has 1 aromatic carbocycles. The van der Waals surface area contributed by atoms with E-state index in [-0.39, 0.29) is 6.04 Å². The zero-order chi connectivity index (χ0) is 13.8. The first-order valence-electron chi connectivity index (χ1n) is 6.19. The molecule has 1 heterocycles. The van der Waals surface area contributed by atoms with Crippen molar-refractivity contribution in [2.45, 2.75) is 19.5 Å². The molecular weight excluding hydrogens is 278 g/mol. The van der Waals surface area contributed by atoms with E-state index in [0.717, 1.165) is 28.0 Å². The quantitative estimate of drug-likeness (QED) is 0.911. The van der Waals surface area contributed by atoms with Crippen LogP contribution >= 0.6 is 22.9 Å². The van der Waals surface area contributed by atoms with Gasteiger partial charge in [0.1, 0.15) is 0 Å². The summed E-state index contributed by atoms with van der Waals surface area (Å²) in [4.78, 5) is 6.77. The zero-order valence-electron chi connectivity index (χ0n) is 11.4. The molecule has 2 aromatic rings. The fourth-order valence-corrected chi connectivity index (χ4v) is 2.83. The fraction of sp³-hybridized carbons (Fsp3) is 0.357. The van der Waals surface area contributed by atoms with E-state index >= 15 is 0 Å². The van der Waals surface area contributed by atoms with Crippen molar-refractivity contribution in [2.75, 3.05) is 19.0 Å². The van der Waals surface area contributed by atoms with Crippen LogP contribution < -0.4 is 10.2 Å². The number of halogens is 1. The van der Waals surface area contributed by atoms with Crippen LogP contribution in [0.5, 0.6) is 0 Å². The molecule has 0 saturated heterocycles. The third-order valence-corrected chi connectivity index (χ3v) is 4.42. The maximum atomic E-state index is 6.18. The highest BCUT2D eigenvalue weighted by molar-refractivity contribution is 7.13. The Hall–Kier alpha value is -1.10. The van der Waals surface area contributed by atoms with Crippen LogP contribution in [-0.4, -0.2) is 19.1 Å². The molecule has 2 rings (SSSR count). The van der Waals surface area contributed by atoms with Crippen molar-refractivity contribution in [1.82, 2.24) is 10.3 Å². The molecule has 0 saturated carbocycles. The first-order valence-corrected chi connectivity index (χ1v) is 7.44. The first kappa shape index (κ1) is 14.3. The highest BCUT2D eigenvalue weighted by Gasteiger charge is 2.12. The number of nitrogens with zero attached hydrogens (tertiary/aromatic N) is 2. The van der Waals surface area contributed by atoms with E-state index in [1.807, 2.05) is 38.4 Å². The molecule has 0 amide bonds. The summed E-state index contributed by atoms with van der Waals surface area (Å²) in [6.45, 7) is 2.87.